The van der Waals surface area contributed by atoms with Crippen molar-refractivity contribution in [1.82, 2.24) is 5.32 Å². The third-order valence-corrected chi connectivity index (χ3v) is 3.72. The number of carbonyl (C=O) groups excluding carboxylic acids is 3. The average molecular weight is 384 g/mol. The SMILES string of the molecule is O=C(O)COc1cccc(/C=C2/C(=O)NC(=O)N(c3ccc(F)cc3)C2=O)c1. The number of benzene rings is 2. The van der Waals surface area contributed by atoms with Crippen molar-refractivity contribution < 1.29 is 33.4 Å². The molecule has 0 bridgehead atoms. The summed E-state index contributed by atoms with van der Waals surface area (Å²) in [4.78, 5) is 48.2. The number of hydrogen-bond acceptors (Lipinski definition) is 5. The molecule has 28 heavy (non-hydrogen) atoms. The van der Waals surface area contributed by atoms with Crippen LogP contribution in [0.15, 0.2) is 54.1 Å². The number of imide groups is 2. The van der Waals surface area contributed by atoms with E-state index in [4.69, 9.17) is 9.84 Å². The maximum absolute atomic E-state index is 13.1. The fraction of sp³-hybridized carbons (Fsp3) is 0.0526. The van der Waals surface area contributed by atoms with E-state index in [-0.39, 0.29) is 17.0 Å². The molecular weight excluding hydrogens is 371 g/mol. The van der Waals surface area contributed by atoms with Crippen LogP contribution in [0.2, 0.25) is 0 Å². The number of halogens is 1. The average Bonchev–Trinajstić information content (AvgIpc) is 2.65. The second-order valence-electron chi connectivity index (χ2n) is 5.69. The summed E-state index contributed by atoms with van der Waals surface area (Å²) in [6.07, 6.45) is 1.24. The number of carboxylic acid groups (broad SMARTS) is 1. The smallest absolute Gasteiger partial charge is 0.341 e. The molecule has 142 valence electrons. The molecule has 1 fully saturated rings. The minimum atomic E-state index is -1.15. The van der Waals surface area contributed by atoms with E-state index in [2.05, 4.69) is 5.32 Å². The number of anilines is 1. The molecule has 0 saturated carbocycles. The van der Waals surface area contributed by atoms with E-state index < -0.39 is 36.2 Å². The van der Waals surface area contributed by atoms with Crippen LogP contribution in [0.5, 0.6) is 5.75 Å². The second kappa shape index (κ2) is 7.70. The van der Waals surface area contributed by atoms with E-state index in [1.807, 2.05) is 0 Å². The minimum Gasteiger partial charge on any atom is -0.482 e. The van der Waals surface area contributed by atoms with Crippen molar-refractivity contribution in [1.29, 1.82) is 0 Å². The molecule has 0 aliphatic carbocycles. The molecule has 3 rings (SSSR count). The molecule has 2 aromatic carbocycles. The van der Waals surface area contributed by atoms with Crippen molar-refractivity contribution in [2.75, 3.05) is 11.5 Å². The van der Waals surface area contributed by atoms with Crippen molar-refractivity contribution in [3.8, 4) is 5.75 Å². The number of ether oxygens (including phenoxy) is 1. The summed E-state index contributed by atoms with van der Waals surface area (Å²) in [6.45, 7) is -0.549. The summed E-state index contributed by atoms with van der Waals surface area (Å²) in [5.41, 5.74) is 0.162. The third kappa shape index (κ3) is 4.04. The van der Waals surface area contributed by atoms with Crippen LogP contribution < -0.4 is 15.0 Å². The van der Waals surface area contributed by atoms with Crippen molar-refractivity contribution in [2.24, 2.45) is 0 Å². The normalized spacial score (nSPS) is 15.5. The Hall–Kier alpha value is -4.01. The molecule has 1 aliphatic heterocycles. The fourth-order valence-electron chi connectivity index (χ4n) is 2.49. The van der Waals surface area contributed by atoms with Crippen LogP contribution in [0.4, 0.5) is 14.9 Å². The van der Waals surface area contributed by atoms with Gasteiger partial charge in [-0.3, -0.25) is 14.9 Å². The van der Waals surface area contributed by atoms with Crippen molar-refractivity contribution in [3.05, 3.63) is 65.5 Å². The van der Waals surface area contributed by atoms with Gasteiger partial charge in [0.25, 0.3) is 11.8 Å². The van der Waals surface area contributed by atoms with E-state index in [0.29, 0.717) is 5.56 Å². The quantitative estimate of drug-likeness (QED) is 0.602. The minimum absolute atomic E-state index is 0.0980. The number of nitrogens with one attached hydrogen (secondary N) is 1. The lowest BCUT2D eigenvalue weighted by molar-refractivity contribution is -0.139. The Kier molecular flexibility index (Phi) is 5.16. The number of carbonyl (C=O) groups is 4. The zero-order chi connectivity index (χ0) is 20.3. The number of amides is 4. The zero-order valence-electron chi connectivity index (χ0n) is 14.2. The predicted octanol–water partition coefficient (Wildman–Crippen LogP) is 1.96. The molecule has 1 aliphatic rings. The van der Waals surface area contributed by atoms with Crippen LogP contribution in [0, 0.1) is 5.82 Å². The Morgan fingerprint density at radius 3 is 2.54 bits per heavy atom. The molecular formula is C19H13FN2O6. The van der Waals surface area contributed by atoms with Crippen molar-refractivity contribution in [2.45, 2.75) is 0 Å². The van der Waals surface area contributed by atoms with Gasteiger partial charge in [-0.2, -0.15) is 0 Å². The topological polar surface area (TPSA) is 113 Å². The van der Waals surface area contributed by atoms with Gasteiger partial charge >= 0.3 is 12.0 Å². The maximum atomic E-state index is 13.1. The highest BCUT2D eigenvalue weighted by Crippen LogP contribution is 2.23. The maximum Gasteiger partial charge on any atom is 0.341 e. The van der Waals surface area contributed by atoms with Crippen LogP contribution in [-0.4, -0.2) is 35.5 Å². The number of barbiturate groups is 1. The molecule has 0 unspecified atom stereocenters. The van der Waals surface area contributed by atoms with Gasteiger partial charge in [0.1, 0.15) is 17.1 Å². The Morgan fingerprint density at radius 1 is 1.14 bits per heavy atom. The Bertz CT molecular complexity index is 1000. The summed E-state index contributed by atoms with van der Waals surface area (Å²) in [5.74, 6) is -3.23. The van der Waals surface area contributed by atoms with Gasteiger partial charge in [0, 0.05) is 0 Å². The van der Waals surface area contributed by atoms with Gasteiger partial charge in [-0.15, -0.1) is 0 Å². The first-order valence-electron chi connectivity index (χ1n) is 7.97. The second-order valence-corrected chi connectivity index (χ2v) is 5.69. The lowest BCUT2D eigenvalue weighted by atomic mass is 10.1. The molecule has 0 aromatic heterocycles. The van der Waals surface area contributed by atoms with Gasteiger partial charge in [0.2, 0.25) is 0 Å². The molecule has 0 radical (unpaired) electrons. The molecule has 2 N–H and O–H groups in total. The van der Waals surface area contributed by atoms with Gasteiger partial charge in [-0.25, -0.2) is 18.9 Å². The van der Waals surface area contributed by atoms with Gasteiger partial charge in [0.15, 0.2) is 6.61 Å². The number of rotatable bonds is 5. The van der Waals surface area contributed by atoms with Crippen LogP contribution in [0.1, 0.15) is 5.56 Å². The number of nitrogens with zero attached hydrogens (tertiary/aromatic N) is 1. The standard InChI is InChI=1S/C19H13FN2O6/c20-12-4-6-13(7-5-12)22-18(26)15(17(25)21-19(22)27)9-11-2-1-3-14(8-11)28-10-16(23)24/h1-9H,10H2,(H,23,24)(H,21,25,27)/b15-9-. The van der Waals surface area contributed by atoms with Gasteiger partial charge in [-0.05, 0) is 48.0 Å². The lowest BCUT2D eigenvalue weighted by Crippen LogP contribution is -2.54. The third-order valence-electron chi connectivity index (χ3n) is 3.72. The van der Waals surface area contributed by atoms with E-state index in [9.17, 15) is 23.6 Å². The summed E-state index contributed by atoms with van der Waals surface area (Å²) in [5, 5.41) is 10.7. The Balaban J connectivity index is 1.92. The van der Waals surface area contributed by atoms with Gasteiger partial charge < -0.3 is 9.84 Å². The Morgan fingerprint density at radius 2 is 1.86 bits per heavy atom. The molecule has 1 saturated heterocycles. The molecule has 4 amide bonds. The van der Waals surface area contributed by atoms with E-state index >= 15 is 0 Å². The van der Waals surface area contributed by atoms with Crippen LogP contribution in [-0.2, 0) is 14.4 Å². The highest BCUT2D eigenvalue weighted by molar-refractivity contribution is 6.39. The molecule has 0 atom stereocenters. The summed E-state index contributed by atoms with van der Waals surface area (Å²) in [6, 6.07) is 9.77. The van der Waals surface area contributed by atoms with Crippen molar-refractivity contribution >= 4 is 35.6 Å². The van der Waals surface area contributed by atoms with E-state index in [1.165, 1.54) is 30.3 Å². The molecule has 9 heteroatoms. The van der Waals surface area contributed by atoms with Crippen molar-refractivity contribution in [3.63, 3.8) is 0 Å². The van der Waals surface area contributed by atoms with Gasteiger partial charge in [-0.1, -0.05) is 12.1 Å². The highest BCUT2D eigenvalue weighted by Gasteiger charge is 2.36. The largest absolute Gasteiger partial charge is 0.482 e. The highest BCUT2D eigenvalue weighted by atomic mass is 19.1. The first-order chi connectivity index (χ1) is 13.3. The Labute approximate surface area is 157 Å². The molecule has 0 spiro atoms. The first kappa shape index (κ1) is 18.8. The molecule has 2 aromatic rings. The number of carboxylic acids is 1. The first-order valence-corrected chi connectivity index (χ1v) is 7.97. The summed E-state index contributed by atoms with van der Waals surface area (Å²) < 4.78 is 18.2. The molecule has 8 nitrogen and oxygen atoms in total. The lowest BCUT2D eigenvalue weighted by Gasteiger charge is -2.26. The van der Waals surface area contributed by atoms with Crippen LogP contribution in [0.25, 0.3) is 6.08 Å². The summed E-state index contributed by atoms with van der Waals surface area (Å²) >= 11 is 0. The van der Waals surface area contributed by atoms with Crippen LogP contribution in [0.3, 0.4) is 0 Å². The zero-order valence-corrected chi connectivity index (χ0v) is 14.2. The van der Waals surface area contributed by atoms with Crippen LogP contribution >= 0.6 is 0 Å². The number of hydrogen-bond donors (Lipinski definition) is 2. The van der Waals surface area contributed by atoms with E-state index in [0.717, 1.165) is 17.0 Å². The monoisotopic (exact) mass is 384 g/mol. The van der Waals surface area contributed by atoms with Gasteiger partial charge in [0.05, 0.1) is 5.69 Å². The predicted molar refractivity (Wildman–Crippen MR) is 95.0 cm³/mol. The summed E-state index contributed by atoms with van der Waals surface area (Å²) in [7, 11) is 0. The van der Waals surface area contributed by atoms with E-state index in [1.54, 1.807) is 12.1 Å². The molecule has 1 heterocycles. The number of urea groups is 1. The fourth-order valence-corrected chi connectivity index (χ4v) is 2.49. The number of aliphatic carboxylic acids is 1.